The van der Waals surface area contributed by atoms with Crippen LogP contribution in [0.4, 0.5) is 5.69 Å². The minimum absolute atomic E-state index is 0.0688. The van der Waals surface area contributed by atoms with Gasteiger partial charge in [-0.05, 0) is 55.4 Å². The molecule has 2 unspecified atom stereocenters. The first-order valence-corrected chi connectivity index (χ1v) is 8.43. The molecule has 3 rings (SSSR count). The van der Waals surface area contributed by atoms with Crippen molar-refractivity contribution in [2.75, 3.05) is 11.6 Å². The molecule has 1 aromatic rings. The Hall–Kier alpha value is -1.36. The van der Waals surface area contributed by atoms with Gasteiger partial charge in [0.1, 0.15) is 0 Å². The van der Waals surface area contributed by atoms with Crippen molar-refractivity contribution in [1.82, 2.24) is 0 Å². The summed E-state index contributed by atoms with van der Waals surface area (Å²) in [4.78, 5) is 12.3. The van der Waals surface area contributed by atoms with E-state index < -0.39 is 9.84 Å². The Kier molecular flexibility index (Phi) is 2.89. The molecule has 2 atom stereocenters. The second-order valence-electron chi connectivity index (χ2n) is 5.71. The summed E-state index contributed by atoms with van der Waals surface area (Å²) in [6.45, 7) is 0. The van der Waals surface area contributed by atoms with Gasteiger partial charge in [-0.25, -0.2) is 8.42 Å². The molecule has 5 heteroatoms. The number of fused-ring (bicyclic) bond motifs is 1. The average molecular weight is 279 g/mol. The smallest absolute Gasteiger partial charge is 0.227 e. The van der Waals surface area contributed by atoms with Gasteiger partial charge in [-0.2, -0.15) is 0 Å². The average Bonchev–Trinajstić information content (AvgIpc) is 2.95. The fourth-order valence-corrected chi connectivity index (χ4v) is 3.59. The number of hydrogen-bond donors (Lipinski definition) is 1. The summed E-state index contributed by atoms with van der Waals surface area (Å²) >= 11 is 0. The standard InChI is InChI=1S/C14H17NO3S/c1-19(17,18)13-4-2-12(3-5-13)15-14(16)11-7-9-6-10(9)8-11/h2-5,9-11H,6-8H2,1H3,(H,15,16). The van der Waals surface area contributed by atoms with Gasteiger partial charge in [0.05, 0.1) is 4.90 Å². The van der Waals surface area contributed by atoms with Crippen LogP contribution in [-0.4, -0.2) is 20.6 Å². The highest BCUT2D eigenvalue weighted by molar-refractivity contribution is 7.90. The third-order valence-corrected chi connectivity index (χ3v) is 5.29. The van der Waals surface area contributed by atoms with Crippen molar-refractivity contribution >= 4 is 21.4 Å². The van der Waals surface area contributed by atoms with Gasteiger partial charge in [0.2, 0.25) is 5.91 Å². The molecule has 1 N–H and O–H groups in total. The second kappa shape index (κ2) is 4.34. The van der Waals surface area contributed by atoms with Crippen molar-refractivity contribution in [2.45, 2.75) is 24.2 Å². The molecule has 102 valence electrons. The van der Waals surface area contributed by atoms with Gasteiger partial charge in [0, 0.05) is 17.9 Å². The van der Waals surface area contributed by atoms with Crippen LogP contribution in [0.5, 0.6) is 0 Å². The number of carbonyl (C=O) groups is 1. The largest absolute Gasteiger partial charge is 0.326 e. The monoisotopic (exact) mass is 279 g/mol. The highest BCUT2D eigenvalue weighted by Crippen LogP contribution is 2.54. The Bertz CT molecular complexity index is 596. The Morgan fingerprint density at radius 2 is 1.68 bits per heavy atom. The molecular weight excluding hydrogens is 262 g/mol. The SMILES string of the molecule is CS(=O)(=O)c1ccc(NC(=O)C2CC3CC3C2)cc1. The topological polar surface area (TPSA) is 63.2 Å². The molecule has 0 radical (unpaired) electrons. The quantitative estimate of drug-likeness (QED) is 0.921. The third kappa shape index (κ3) is 2.66. The molecule has 0 heterocycles. The maximum atomic E-state index is 12.0. The van der Waals surface area contributed by atoms with Crippen LogP contribution in [0, 0.1) is 17.8 Å². The van der Waals surface area contributed by atoms with Crippen molar-refractivity contribution in [3.05, 3.63) is 24.3 Å². The van der Waals surface area contributed by atoms with Crippen LogP contribution in [-0.2, 0) is 14.6 Å². The van der Waals surface area contributed by atoms with E-state index in [1.807, 2.05) is 0 Å². The molecule has 0 aromatic heterocycles. The number of hydrogen-bond acceptors (Lipinski definition) is 3. The summed E-state index contributed by atoms with van der Waals surface area (Å²) in [5.41, 5.74) is 0.665. The van der Waals surface area contributed by atoms with Gasteiger partial charge in [-0.1, -0.05) is 0 Å². The highest BCUT2D eigenvalue weighted by atomic mass is 32.2. The third-order valence-electron chi connectivity index (χ3n) is 4.16. The summed E-state index contributed by atoms with van der Waals surface area (Å²) in [6.07, 6.45) is 4.49. The summed E-state index contributed by atoms with van der Waals surface area (Å²) in [5, 5.41) is 2.87. The molecular formula is C14H17NO3S. The van der Waals surface area contributed by atoms with Gasteiger partial charge < -0.3 is 5.32 Å². The van der Waals surface area contributed by atoms with E-state index in [1.54, 1.807) is 12.1 Å². The lowest BCUT2D eigenvalue weighted by atomic mass is 10.0. The first-order chi connectivity index (χ1) is 8.93. The van der Waals surface area contributed by atoms with Crippen molar-refractivity contribution < 1.29 is 13.2 Å². The van der Waals surface area contributed by atoms with Crippen LogP contribution in [0.1, 0.15) is 19.3 Å². The Labute approximate surface area is 113 Å². The predicted molar refractivity (Wildman–Crippen MR) is 72.5 cm³/mol. The van der Waals surface area contributed by atoms with Gasteiger partial charge in [0.15, 0.2) is 9.84 Å². The fourth-order valence-electron chi connectivity index (χ4n) is 2.96. The molecule has 2 saturated carbocycles. The van der Waals surface area contributed by atoms with E-state index in [0.717, 1.165) is 24.7 Å². The zero-order valence-electron chi connectivity index (χ0n) is 10.8. The normalized spacial score (nSPS) is 28.8. The first kappa shape index (κ1) is 12.7. The number of sulfone groups is 1. The maximum Gasteiger partial charge on any atom is 0.227 e. The van der Waals surface area contributed by atoms with E-state index in [2.05, 4.69) is 5.32 Å². The predicted octanol–water partition coefficient (Wildman–Crippen LogP) is 2.07. The molecule has 4 nitrogen and oxygen atoms in total. The van der Waals surface area contributed by atoms with Gasteiger partial charge >= 0.3 is 0 Å². The van der Waals surface area contributed by atoms with Crippen LogP contribution in [0.2, 0.25) is 0 Å². The summed E-state index contributed by atoms with van der Waals surface area (Å²) in [5.74, 6) is 1.77. The summed E-state index contributed by atoms with van der Waals surface area (Å²) in [6, 6.07) is 6.34. The van der Waals surface area contributed by atoms with Gasteiger partial charge in [-0.3, -0.25) is 4.79 Å². The molecule has 0 saturated heterocycles. The van der Waals surface area contributed by atoms with Crippen molar-refractivity contribution in [3.8, 4) is 0 Å². The Morgan fingerprint density at radius 1 is 1.11 bits per heavy atom. The van der Waals surface area contributed by atoms with Crippen LogP contribution < -0.4 is 5.32 Å². The van der Waals surface area contributed by atoms with Crippen molar-refractivity contribution in [1.29, 1.82) is 0 Å². The molecule has 2 aliphatic carbocycles. The minimum Gasteiger partial charge on any atom is -0.326 e. The lowest BCUT2D eigenvalue weighted by Gasteiger charge is -2.12. The first-order valence-electron chi connectivity index (χ1n) is 6.54. The van der Waals surface area contributed by atoms with Crippen LogP contribution in [0.25, 0.3) is 0 Å². The Balaban J connectivity index is 1.65. The molecule has 0 bridgehead atoms. The summed E-state index contributed by atoms with van der Waals surface area (Å²) < 4.78 is 22.7. The molecule has 2 fully saturated rings. The van der Waals surface area contributed by atoms with E-state index in [1.165, 1.54) is 24.8 Å². The molecule has 0 aliphatic heterocycles. The van der Waals surface area contributed by atoms with Crippen LogP contribution in [0.3, 0.4) is 0 Å². The van der Waals surface area contributed by atoms with E-state index in [9.17, 15) is 13.2 Å². The van der Waals surface area contributed by atoms with E-state index >= 15 is 0 Å². The fraction of sp³-hybridized carbons (Fsp3) is 0.500. The lowest BCUT2D eigenvalue weighted by molar-refractivity contribution is -0.120. The molecule has 1 amide bonds. The van der Waals surface area contributed by atoms with Crippen LogP contribution >= 0.6 is 0 Å². The van der Waals surface area contributed by atoms with Crippen LogP contribution in [0.15, 0.2) is 29.2 Å². The molecule has 19 heavy (non-hydrogen) atoms. The Morgan fingerprint density at radius 3 is 2.21 bits per heavy atom. The summed E-state index contributed by atoms with van der Waals surface area (Å²) in [7, 11) is -3.18. The zero-order valence-corrected chi connectivity index (χ0v) is 11.6. The zero-order chi connectivity index (χ0) is 13.6. The number of rotatable bonds is 3. The number of benzene rings is 1. The molecule has 1 aromatic carbocycles. The van der Waals surface area contributed by atoms with Gasteiger partial charge in [0.25, 0.3) is 0 Å². The number of nitrogens with one attached hydrogen (secondary N) is 1. The molecule has 2 aliphatic rings. The maximum absolute atomic E-state index is 12.0. The second-order valence-corrected chi connectivity index (χ2v) is 7.73. The van der Waals surface area contributed by atoms with Crippen molar-refractivity contribution in [2.24, 2.45) is 17.8 Å². The highest BCUT2D eigenvalue weighted by Gasteiger charge is 2.47. The molecule has 0 spiro atoms. The number of amides is 1. The number of carbonyl (C=O) groups excluding carboxylic acids is 1. The van der Waals surface area contributed by atoms with E-state index in [0.29, 0.717) is 5.69 Å². The minimum atomic E-state index is -3.18. The number of anilines is 1. The lowest BCUT2D eigenvalue weighted by Crippen LogP contribution is -2.21. The van der Waals surface area contributed by atoms with Gasteiger partial charge in [-0.15, -0.1) is 0 Å². The van der Waals surface area contributed by atoms with E-state index in [-0.39, 0.29) is 16.7 Å². The van der Waals surface area contributed by atoms with E-state index in [4.69, 9.17) is 0 Å². The van der Waals surface area contributed by atoms with Crippen molar-refractivity contribution in [3.63, 3.8) is 0 Å².